The first-order chi connectivity index (χ1) is 9.04. The molecule has 1 aromatic heterocycles. The lowest BCUT2D eigenvalue weighted by Crippen LogP contribution is -2.28. The molecule has 98 valence electrons. The molecule has 6 nitrogen and oxygen atoms in total. The molecular formula is C13H14N4O2. The number of benzene rings is 1. The first-order valence-corrected chi connectivity index (χ1v) is 6.07. The zero-order valence-electron chi connectivity index (χ0n) is 10.5. The minimum Gasteiger partial charge on any atom is -0.369 e. The second-order valence-electron chi connectivity index (χ2n) is 4.85. The average Bonchev–Trinajstić information content (AvgIpc) is 2.90. The van der Waals surface area contributed by atoms with Gasteiger partial charge in [0.05, 0.1) is 11.4 Å². The molecule has 2 amide bonds. The number of amides is 2. The highest BCUT2D eigenvalue weighted by molar-refractivity contribution is 6.01. The first kappa shape index (κ1) is 11.7. The SMILES string of the molecule is Cn1cc2cc(N3CC(C(N)=O)CC3=O)ccc2n1. The molecule has 0 radical (unpaired) electrons. The summed E-state index contributed by atoms with van der Waals surface area (Å²) < 4.78 is 1.73. The molecule has 1 unspecified atom stereocenters. The number of carbonyl (C=O) groups is 2. The average molecular weight is 258 g/mol. The van der Waals surface area contributed by atoms with Crippen LogP contribution >= 0.6 is 0 Å². The molecule has 3 rings (SSSR count). The lowest BCUT2D eigenvalue weighted by atomic mass is 10.1. The molecule has 19 heavy (non-hydrogen) atoms. The molecule has 0 bridgehead atoms. The summed E-state index contributed by atoms with van der Waals surface area (Å²) in [5.41, 5.74) is 6.93. The topological polar surface area (TPSA) is 81.2 Å². The summed E-state index contributed by atoms with van der Waals surface area (Å²) in [4.78, 5) is 24.7. The number of nitrogens with two attached hydrogens (primary N) is 1. The van der Waals surface area contributed by atoms with Gasteiger partial charge in [-0.1, -0.05) is 0 Å². The molecule has 0 saturated carbocycles. The molecule has 2 heterocycles. The summed E-state index contributed by atoms with van der Waals surface area (Å²) >= 11 is 0. The number of anilines is 1. The summed E-state index contributed by atoms with van der Waals surface area (Å²) in [7, 11) is 1.85. The van der Waals surface area contributed by atoms with Gasteiger partial charge in [-0.15, -0.1) is 0 Å². The summed E-state index contributed by atoms with van der Waals surface area (Å²) in [6.07, 6.45) is 2.09. The highest BCUT2D eigenvalue weighted by atomic mass is 16.2. The van der Waals surface area contributed by atoms with E-state index < -0.39 is 11.8 Å². The van der Waals surface area contributed by atoms with Gasteiger partial charge in [0.2, 0.25) is 11.8 Å². The maximum absolute atomic E-state index is 11.9. The van der Waals surface area contributed by atoms with E-state index in [0.717, 1.165) is 16.6 Å². The summed E-state index contributed by atoms with van der Waals surface area (Å²) in [6, 6.07) is 5.62. The van der Waals surface area contributed by atoms with Crippen LogP contribution in [0.25, 0.3) is 10.9 Å². The summed E-state index contributed by atoms with van der Waals surface area (Å²) in [6.45, 7) is 0.361. The van der Waals surface area contributed by atoms with Gasteiger partial charge < -0.3 is 10.6 Å². The minimum absolute atomic E-state index is 0.0629. The summed E-state index contributed by atoms with van der Waals surface area (Å²) in [5, 5.41) is 5.25. The van der Waals surface area contributed by atoms with Crippen molar-refractivity contribution in [3.63, 3.8) is 0 Å². The molecule has 1 saturated heterocycles. The van der Waals surface area contributed by atoms with Crippen LogP contribution in [0.4, 0.5) is 5.69 Å². The fraction of sp³-hybridized carbons (Fsp3) is 0.308. The van der Waals surface area contributed by atoms with Gasteiger partial charge >= 0.3 is 0 Å². The normalized spacial score (nSPS) is 19.3. The van der Waals surface area contributed by atoms with Crippen LogP contribution in [-0.2, 0) is 16.6 Å². The molecule has 2 N–H and O–H groups in total. The molecule has 1 atom stereocenters. The molecular weight excluding hydrogens is 244 g/mol. The second-order valence-corrected chi connectivity index (χ2v) is 4.85. The van der Waals surface area contributed by atoms with Gasteiger partial charge in [-0.25, -0.2) is 0 Å². The van der Waals surface area contributed by atoms with Crippen molar-refractivity contribution in [2.45, 2.75) is 6.42 Å². The van der Waals surface area contributed by atoms with Crippen molar-refractivity contribution in [1.29, 1.82) is 0 Å². The smallest absolute Gasteiger partial charge is 0.227 e. The van der Waals surface area contributed by atoms with Gasteiger partial charge in [0, 0.05) is 37.3 Å². The molecule has 1 aliphatic heterocycles. The van der Waals surface area contributed by atoms with Gasteiger partial charge in [-0.05, 0) is 18.2 Å². The number of fused-ring (bicyclic) bond motifs is 1. The number of hydrogen-bond donors (Lipinski definition) is 1. The van der Waals surface area contributed by atoms with Gasteiger partial charge in [0.25, 0.3) is 0 Å². The number of carbonyl (C=O) groups excluding carboxylic acids is 2. The van der Waals surface area contributed by atoms with Crippen molar-refractivity contribution in [1.82, 2.24) is 9.78 Å². The van der Waals surface area contributed by atoms with Gasteiger partial charge in [0.15, 0.2) is 0 Å². The third-order valence-electron chi connectivity index (χ3n) is 3.44. The zero-order chi connectivity index (χ0) is 13.6. The van der Waals surface area contributed by atoms with Crippen LogP contribution in [0, 0.1) is 5.92 Å². The Labute approximate surface area is 109 Å². The zero-order valence-corrected chi connectivity index (χ0v) is 10.5. The molecule has 2 aromatic rings. The van der Waals surface area contributed by atoms with Crippen LogP contribution in [0.2, 0.25) is 0 Å². The number of hydrogen-bond acceptors (Lipinski definition) is 3. The molecule has 1 aromatic carbocycles. The van der Waals surface area contributed by atoms with Crippen molar-refractivity contribution < 1.29 is 9.59 Å². The van der Waals surface area contributed by atoms with E-state index in [1.165, 1.54) is 0 Å². The van der Waals surface area contributed by atoms with Crippen molar-refractivity contribution >= 4 is 28.4 Å². The molecule has 6 heteroatoms. The Morgan fingerprint density at radius 2 is 2.26 bits per heavy atom. The van der Waals surface area contributed by atoms with E-state index in [1.54, 1.807) is 9.58 Å². The largest absolute Gasteiger partial charge is 0.369 e. The Morgan fingerprint density at radius 1 is 1.47 bits per heavy atom. The predicted octanol–water partition coefficient (Wildman–Crippen LogP) is 0.411. The van der Waals surface area contributed by atoms with Crippen molar-refractivity contribution in [3.8, 4) is 0 Å². The van der Waals surface area contributed by atoms with E-state index in [1.807, 2.05) is 31.4 Å². The number of nitrogens with zero attached hydrogens (tertiary/aromatic N) is 3. The number of aromatic nitrogens is 2. The van der Waals surface area contributed by atoms with E-state index in [0.29, 0.717) is 6.54 Å². The Hall–Kier alpha value is -2.37. The fourth-order valence-corrected chi connectivity index (χ4v) is 2.45. The Bertz CT molecular complexity index is 676. The van der Waals surface area contributed by atoms with Gasteiger partial charge in [0.1, 0.15) is 0 Å². The van der Waals surface area contributed by atoms with Crippen molar-refractivity contribution in [2.24, 2.45) is 18.7 Å². The Balaban J connectivity index is 1.95. The van der Waals surface area contributed by atoms with Gasteiger partial charge in [-0.3, -0.25) is 14.3 Å². The number of aryl methyl sites for hydroxylation is 1. The Kier molecular flexibility index (Phi) is 2.51. The molecule has 1 aliphatic rings. The highest BCUT2D eigenvalue weighted by Gasteiger charge is 2.33. The minimum atomic E-state index is -0.418. The quantitative estimate of drug-likeness (QED) is 0.847. The lowest BCUT2D eigenvalue weighted by molar-refractivity contribution is -0.123. The fourth-order valence-electron chi connectivity index (χ4n) is 2.45. The predicted molar refractivity (Wildman–Crippen MR) is 70.4 cm³/mol. The maximum atomic E-state index is 11.9. The number of rotatable bonds is 2. The second kappa shape index (κ2) is 4.08. The van der Waals surface area contributed by atoms with Crippen molar-refractivity contribution in [3.05, 3.63) is 24.4 Å². The third kappa shape index (κ3) is 1.95. The van der Waals surface area contributed by atoms with Gasteiger partial charge in [-0.2, -0.15) is 5.10 Å². The summed E-state index contributed by atoms with van der Waals surface area (Å²) in [5.74, 6) is -0.873. The highest BCUT2D eigenvalue weighted by Crippen LogP contribution is 2.27. The molecule has 1 fully saturated rings. The first-order valence-electron chi connectivity index (χ1n) is 6.07. The van der Waals surface area contributed by atoms with Crippen molar-refractivity contribution in [2.75, 3.05) is 11.4 Å². The monoisotopic (exact) mass is 258 g/mol. The van der Waals surface area contributed by atoms with Crippen LogP contribution < -0.4 is 10.6 Å². The molecule has 0 spiro atoms. The van der Waals surface area contributed by atoms with E-state index in [9.17, 15) is 9.59 Å². The number of primary amides is 1. The van der Waals surface area contributed by atoms with E-state index >= 15 is 0 Å². The van der Waals surface area contributed by atoms with E-state index in [-0.39, 0.29) is 12.3 Å². The van der Waals surface area contributed by atoms with Crippen LogP contribution in [0.3, 0.4) is 0 Å². The lowest BCUT2D eigenvalue weighted by Gasteiger charge is -2.16. The third-order valence-corrected chi connectivity index (χ3v) is 3.44. The van der Waals surface area contributed by atoms with Crippen LogP contribution in [0.5, 0.6) is 0 Å². The van der Waals surface area contributed by atoms with Crippen LogP contribution in [-0.4, -0.2) is 28.1 Å². The molecule has 0 aliphatic carbocycles. The van der Waals surface area contributed by atoms with E-state index in [2.05, 4.69) is 5.10 Å². The van der Waals surface area contributed by atoms with Crippen LogP contribution in [0.1, 0.15) is 6.42 Å². The standard InChI is InChI=1S/C13H14N4O2/c1-16-6-8-4-10(2-3-11(8)15-16)17-7-9(13(14)19)5-12(17)18/h2-4,6,9H,5,7H2,1H3,(H2,14,19). The van der Waals surface area contributed by atoms with Crippen LogP contribution in [0.15, 0.2) is 24.4 Å². The Morgan fingerprint density at radius 3 is 2.95 bits per heavy atom. The maximum Gasteiger partial charge on any atom is 0.227 e. The van der Waals surface area contributed by atoms with E-state index in [4.69, 9.17) is 5.73 Å².